The van der Waals surface area contributed by atoms with Gasteiger partial charge in [-0.1, -0.05) is 12.1 Å². The van der Waals surface area contributed by atoms with Gasteiger partial charge in [-0.2, -0.15) is 0 Å². The largest absolute Gasteiger partial charge is 0.373 e. The van der Waals surface area contributed by atoms with Gasteiger partial charge in [-0.05, 0) is 72.6 Å². The van der Waals surface area contributed by atoms with E-state index in [9.17, 15) is 9.59 Å². The molecule has 4 N–H and O–H groups in total. The summed E-state index contributed by atoms with van der Waals surface area (Å²) in [6, 6.07) is 22.3. The minimum atomic E-state index is -0.192. The lowest BCUT2D eigenvalue weighted by Gasteiger charge is -2.09. The average molecular weight is 521 g/mol. The highest BCUT2D eigenvalue weighted by Crippen LogP contribution is 2.14. The van der Waals surface area contributed by atoms with Crippen LogP contribution in [0.25, 0.3) is 0 Å². The Morgan fingerprint density at radius 2 is 1.08 bits per heavy atom. The number of nitrogens with zero attached hydrogens (tertiary/aromatic N) is 2. The predicted octanol–water partition coefficient (Wildman–Crippen LogP) is 4.12. The Balaban J connectivity index is 0.00000481. The molecule has 37 heavy (non-hydrogen) atoms. The van der Waals surface area contributed by atoms with Crippen LogP contribution in [-0.4, -0.2) is 51.7 Å². The molecule has 2 amide bonds. The lowest BCUT2D eigenvalue weighted by atomic mass is 10.1. The molecule has 0 bridgehead atoms. The molecule has 0 aliphatic rings. The lowest BCUT2D eigenvalue weighted by molar-refractivity contribution is -0.116. The first-order valence-electron chi connectivity index (χ1n) is 11.7. The fourth-order valence-electron chi connectivity index (χ4n) is 3.70. The second kappa shape index (κ2) is 14.4. The number of amides is 2. The molecule has 0 heterocycles. The van der Waals surface area contributed by atoms with E-state index >= 15 is 0 Å². The molecule has 0 saturated carbocycles. The number of hydrogen-bond donors (Lipinski definition) is 4. The van der Waals surface area contributed by atoms with Gasteiger partial charge in [0.1, 0.15) is 11.7 Å². The number of rotatable bonds is 8. The number of aliphatic imine (C=N–C) groups is 2. The standard InChI is InChI=1S/C28H32N6O2.ClH/c1-29-26(30-2)20-10-14-23(15-11-20)33-25(35)18-7-19-5-8-22(9-6-19)28(36)34-24-16-12-21(13-17-24)27(31-3)32-4;/h5-6,8-17H,7,18H2,1-4H3,(H,29,30)(H,31,32)(H,33,35)(H,34,36);1H. The van der Waals surface area contributed by atoms with E-state index in [1.807, 2.05) is 74.8 Å². The number of hydrogen-bond acceptors (Lipinski definition) is 4. The van der Waals surface area contributed by atoms with Crippen LogP contribution in [0.5, 0.6) is 0 Å². The summed E-state index contributed by atoms with van der Waals surface area (Å²) in [5.41, 5.74) is 4.87. The number of carbonyl (C=O) groups is 2. The molecule has 0 saturated heterocycles. The molecule has 0 atom stereocenters. The van der Waals surface area contributed by atoms with Crippen molar-refractivity contribution in [3.05, 3.63) is 95.1 Å². The maximum Gasteiger partial charge on any atom is 0.255 e. The van der Waals surface area contributed by atoms with E-state index in [1.165, 1.54) is 0 Å². The fourth-order valence-corrected chi connectivity index (χ4v) is 3.70. The van der Waals surface area contributed by atoms with Crippen LogP contribution in [0, 0.1) is 0 Å². The van der Waals surface area contributed by atoms with E-state index in [1.54, 1.807) is 26.2 Å². The quantitative estimate of drug-likeness (QED) is 0.265. The van der Waals surface area contributed by atoms with Gasteiger partial charge in [0, 0.05) is 62.7 Å². The van der Waals surface area contributed by atoms with E-state index in [4.69, 9.17) is 0 Å². The average Bonchev–Trinajstić information content (AvgIpc) is 2.91. The molecule has 0 unspecified atom stereocenters. The van der Waals surface area contributed by atoms with Crippen LogP contribution in [0.3, 0.4) is 0 Å². The van der Waals surface area contributed by atoms with Crippen LogP contribution >= 0.6 is 12.4 Å². The van der Waals surface area contributed by atoms with E-state index in [0.717, 1.165) is 34.0 Å². The Morgan fingerprint density at radius 3 is 1.51 bits per heavy atom. The van der Waals surface area contributed by atoms with Crippen LogP contribution in [0.2, 0.25) is 0 Å². The number of aryl methyl sites for hydroxylation is 1. The van der Waals surface area contributed by atoms with Crippen molar-refractivity contribution < 1.29 is 9.59 Å². The van der Waals surface area contributed by atoms with Crippen molar-refractivity contribution in [3.63, 3.8) is 0 Å². The molecule has 194 valence electrons. The third-order valence-electron chi connectivity index (χ3n) is 5.64. The number of halogens is 1. The maximum absolute atomic E-state index is 12.6. The lowest BCUT2D eigenvalue weighted by Crippen LogP contribution is -2.19. The SMILES string of the molecule is CN=C(NC)c1ccc(NC(=O)CCc2ccc(C(=O)Nc3ccc(C(=NC)NC)cc3)cc2)cc1.Cl. The summed E-state index contributed by atoms with van der Waals surface area (Å²) in [6.45, 7) is 0. The number of benzene rings is 3. The second-order valence-electron chi connectivity index (χ2n) is 8.00. The van der Waals surface area contributed by atoms with Crippen molar-refractivity contribution in [1.29, 1.82) is 0 Å². The molecule has 0 spiro atoms. The van der Waals surface area contributed by atoms with Crippen molar-refractivity contribution >= 4 is 47.3 Å². The summed E-state index contributed by atoms with van der Waals surface area (Å²) >= 11 is 0. The molecular formula is C28H33ClN6O2. The molecule has 3 aromatic rings. The van der Waals surface area contributed by atoms with Gasteiger partial charge in [0.2, 0.25) is 5.91 Å². The summed E-state index contributed by atoms with van der Waals surface area (Å²) in [5, 5.41) is 11.9. The van der Waals surface area contributed by atoms with Crippen molar-refractivity contribution in [3.8, 4) is 0 Å². The third-order valence-corrected chi connectivity index (χ3v) is 5.64. The Bertz CT molecular complexity index is 1240. The highest BCUT2D eigenvalue weighted by molar-refractivity contribution is 6.05. The van der Waals surface area contributed by atoms with Gasteiger partial charge in [0.05, 0.1) is 0 Å². The molecular weight excluding hydrogens is 488 g/mol. The molecule has 9 heteroatoms. The van der Waals surface area contributed by atoms with Gasteiger partial charge in [-0.3, -0.25) is 19.6 Å². The first-order chi connectivity index (χ1) is 17.5. The number of nitrogens with one attached hydrogen (secondary N) is 4. The Morgan fingerprint density at radius 1 is 0.649 bits per heavy atom. The Labute approximate surface area is 224 Å². The van der Waals surface area contributed by atoms with E-state index in [2.05, 4.69) is 31.3 Å². The van der Waals surface area contributed by atoms with Crippen LogP contribution in [0.1, 0.15) is 33.5 Å². The van der Waals surface area contributed by atoms with Gasteiger partial charge in [0.25, 0.3) is 5.91 Å². The fraction of sp³-hybridized carbons (Fsp3) is 0.214. The van der Waals surface area contributed by atoms with Gasteiger partial charge >= 0.3 is 0 Å². The molecule has 3 aromatic carbocycles. The summed E-state index contributed by atoms with van der Waals surface area (Å²) in [6.07, 6.45) is 0.917. The summed E-state index contributed by atoms with van der Waals surface area (Å²) in [7, 11) is 7.08. The van der Waals surface area contributed by atoms with Gasteiger partial charge < -0.3 is 21.3 Å². The molecule has 0 radical (unpaired) electrons. The molecule has 8 nitrogen and oxygen atoms in total. The first kappa shape index (κ1) is 29.1. The number of anilines is 2. The van der Waals surface area contributed by atoms with Crippen LogP contribution in [-0.2, 0) is 11.2 Å². The van der Waals surface area contributed by atoms with Gasteiger partial charge in [-0.15, -0.1) is 12.4 Å². The van der Waals surface area contributed by atoms with Crippen LogP contribution in [0.15, 0.2) is 82.8 Å². The molecule has 0 fully saturated rings. The zero-order chi connectivity index (χ0) is 25.9. The van der Waals surface area contributed by atoms with E-state index < -0.39 is 0 Å². The van der Waals surface area contributed by atoms with Crippen LogP contribution in [0.4, 0.5) is 11.4 Å². The van der Waals surface area contributed by atoms with Gasteiger partial charge in [-0.25, -0.2) is 0 Å². The Kier molecular flexibility index (Phi) is 11.3. The van der Waals surface area contributed by atoms with E-state index in [0.29, 0.717) is 24.1 Å². The molecule has 0 aromatic heterocycles. The zero-order valence-corrected chi connectivity index (χ0v) is 22.3. The maximum atomic E-state index is 12.6. The molecule has 3 rings (SSSR count). The highest BCUT2D eigenvalue weighted by atomic mass is 35.5. The second-order valence-corrected chi connectivity index (χ2v) is 8.00. The Hall–Kier alpha value is -4.17. The third kappa shape index (κ3) is 8.18. The van der Waals surface area contributed by atoms with Crippen molar-refractivity contribution in [2.75, 3.05) is 38.8 Å². The van der Waals surface area contributed by atoms with Crippen molar-refractivity contribution in [2.24, 2.45) is 9.98 Å². The minimum absolute atomic E-state index is 0. The van der Waals surface area contributed by atoms with E-state index in [-0.39, 0.29) is 24.2 Å². The monoisotopic (exact) mass is 520 g/mol. The van der Waals surface area contributed by atoms with Crippen molar-refractivity contribution in [1.82, 2.24) is 10.6 Å². The van der Waals surface area contributed by atoms with Crippen LogP contribution < -0.4 is 21.3 Å². The summed E-state index contributed by atoms with van der Waals surface area (Å²) in [5.74, 6) is 1.30. The minimum Gasteiger partial charge on any atom is -0.373 e. The highest BCUT2D eigenvalue weighted by Gasteiger charge is 2.09. The zero-order valence-electron chi connectivity index (χ0n) is 21.5. The predicted molar refractivity (Wildman–Crippen MR) is 155 cm³/mol. The molecule has 0 aliphatic heterocycles. The number of carbonyl (C=O) groups excluding carboxylic acids is 2. The normalized spacial score (nSPS) is 11.2. The summed E-state index contributed by atoms with van der Waals surface area (Å²) in [4.78, 5) is 33.3. The topological polar surface area (TPSA) is 107 Å². The smallest absolute Gasteiger partial charge is 0.255 e. The summed E-state index contributed by atoms with van der Waals surface area (Å²) < 4.78 is 0. The molecule has 0 aliphatic carbocycles. The number of amidine groups is 2. The first-order valence-corrected chi connectivity index (χ1v) is 11.7. The van der Waals surface area contributed by atoms with Crippen molar-refractivity contribution in [2.45, 2.75) is 12.8 Å². The van der Waals surface area contributed by atoms with Gasteiger partial charge in [0.15, 0.2) is 0 Å².